The number of anilines is 1. The van der Waals surface area contributed by atoms with E-state index in [9.17, 15) is 9.90 Å². The van der Waals surface area contributed by atoms with Crippen LogP contribution >= 0.6 is 0 Å². The molecule has 0 aliphatic heterocycles. The molecular formula is C15H23NO3. The van der Waals surface area contributed by atoms with Crippen LogP contribution in [0.5, 0.6) is 5.75 Å². The lowest BCUT2D eigenvalue weighted by Gasteiger charge is -2.36. The van der Waals surface area contributed by atoms with Gasteiger partial charge in [0, 0.05) is 12.7 Å². The molecule has 0 aliphatic rings. The topological polar surface area (TPSA) is 49.8 Å². The largest absolute Gasteiger partial charge is 0.496 e. The zero-order chi connectivity index (χ0) is 15.0. The summed E-state index contributed by atoms with van der Waals surface area (Å²) in [4.78, 5) is 13.2. The molecule has 0 amide bonds. The maximum atomic E-state index is 11.4. The summed E-state index contributed by atoms with van der Waals surface area (Å²) >= 11 is 0. The van der Waals surface area contributed by atoms with E-state index in [1.807, 2.05) is 38.8 Å². The van der Waals surface area contributed by atoms with Crippen LogP contribution in [0.4, 0.5) is 5.69 Å². The second kappa shape index (κ2) is 5.11. The third-order valence-electron chi connectivity index (χ3n) is 3.93. The average molecular weight is 265 g/mol. The molecule has 1 rings (SSSR count). The Balaban J connectivity index is 3.44. The predicted octanol–water partition coefficient (Wildman–Crippen LogP) is 2.92. The van der Waals surface area contributed by atoms with Gasteiger partial charge in [0.25, 0.3) is 0 Å². The molecule has 1 N–H and O–H groups in total. The summed E-state index contributed by atoms with van der Waals surface area (Å²) in [6.45, 7) is 9.35. The Kier molecular flexibility index (Phi) is 4.13. The number of carboxylic acids is 1. The van der Waals surface area contributed by atoms with Gasteiger partial charge in [-0.15, -0.1) is 0 Å². The van der Waals surface area contributed by atoms with Crippen molar-refractivity contribution in [1.82, 2.24) is 0 Å². The highest BCUT2D eigenvalue weighted by Gasteiger charge is 2.34. The fourth-order valence-corrected chi connectivity index (χ4v) is 2.18. The predicted molar refractivity (Wildman–Crippen MR) is 77.3 cm³/mol. The van der Waals surface area contributed by atoms with Crippen molar-refractivity contribution in [3.63, 3.8) is 0 Å². The Morgan fingerprint density at radius 1 is 1.26 bits per heavy atom. The van der Waals surface area contributed by atoms with Crippen molar-refractivity contribution in [2.45, 2.75) is 40.2 Å². The van der Waals surface area contributed by atoms with E-state index in [0.29, 0.717) is 0 Å². The summed E-state index contributed by atoms with van der Waals surface area (Å²) in [6.07, 6.45) is 0. The van der Waals surface area contributed by atoms with Gasteiger partial charge in [-0.25, -0.2) is 4.79 Å². The molecule has 0 unspecified atom stereocenters. The first-order valence-electron chi connectivity index (χ1n) is 6.26. The third kappa shape index (κ3) is 2.53. The molecule has 0 spiro atoms. The van der Waals surface area contributed by atoms with Gasteiger partial charge in [0.15, 0.2) is 0 Å². The number of nitrogens with zero attached hydrogens (tertiary/aromatic N) is 1. The van der Waals surface area contributed by atoms with E-state index in [4.69, 9.17) is 4.74 Å². The molecule has 1 aromatic rings. The Hall–Kier alpha value is -1.71. The second-order valence-corrected chi connectivity index (χ2v) is 5.42. The van der Waals surface area contributed by atoms with Gasteiger partial charge in [-0.3, -0.25) is 0 Å². The number of carbonyl (C=O) groups is 1. The normalized spacial score (nSPS) is 11.3. The number of ether oxygens (including phenoxy) is 1. The van der Waals surface area contributed by atoms with Crippen LogP contribution in [0.3, 0.4) is 0 Å². The van der Waals surface area contributed by atoms with E-state index >= 15 is 0 Å². The van der Waals surface area contributed by atoms with Gasteiger partial charge < -0.3 is 14.7 Å². The van der Waals surface area contributed by atoms with E-state index in [-0.39, 0.29) is 0 Å². The fraction of sp³-hybridized carbons (Fsp3) is 0.533. The molecule has 0 atom stereocenters. The van der Waals surface area contributed by atoms with Gasteiger partial charge in [-0.1, -0.05) is 0 Å². The molecule has 0 saturated heterocycles. The van der Waals surface area contributed by atoms with E-state index in [1.165, 1.54) is 0 Å². The number of aryl methyl sites for hydroxylation is 1. The number of hydrogen-bond acceptors (Lipinski definition) is 3. The standard InChI is InChI=1S/C15H23NO3/c1-9-8-12(19-7)10(2)11(3)13(9)16(6)15(4,5)14(17)18/h8H,1-7H3,(H,17,18). The van der Waals surface area contributed by atoms with E-state index < -0.39 is 11.5 Å². The van der Waals surface area contributed by atoms with Crippen molar-refractivity contribution in [3.8, 4) is 5.75 Å². The third-order valence-corrected chi connectivity index (χ3v) is 3.93. The Morgan fingerprint density at radius 2 is 1.79 bits per heavy atom. The van der Waals surface area contributed by atoms with E-state index in [0.717, 1.165) is 28.1 Å². The minimum atomic E-state index is -0.962. The molecule has 0 aliphatic carbocycles. The molecule has 4 heteroatoms. The Bertz CT molecular complexity index is 507. The highest BCUT2D eigenvalue weighted by Crippen LogP contribution is 2.35. The lowest BCUT2D eigenvalue weighted by atomic mass is 9.96. The van der Waals surface area contributed by atoms with Crippen LogP contribution in [0.1, 0.15) is 30.5 Å². The minimum absolute atomic E-state index is 0.834. The zero-order valence-corrected chi connectivity index (χ0v) is 12.8. The smallest absolute Gasteiger partial charge is 0.328 e. The van der Waals surface area contributed by atoms with Crippen LogP contribution in [-0.2, 0) is 4.79 Å². The fourth-order valence-electron chi connectivity index (χ4n) is 2.18. The number of methoxy groups -OCH3 is 1. The van der Waals surface area contributed by atoms with Crippen LogP contribution in [0.25, 0.3) is 0 Å². The van der Waals surface area contributed by atoms with Crippen molar-refractivity contribution >= 4 is 11.7 Å². The quantitative estimate of drug-likeness (QED) is 0.909. The van der Waals surface area contributed by atoms with Crippen molar-refractivity contribution in [2.75, 3.05) is 19.1 Å². The lowest BCUT2D eigenvalue weighted by Crippen LogP contribution is -2.48. The van der Waals surface area contributed by atoms with Gasteiger partial charge in [0.1, 0.15) is 11.3 Å². The van der Waals surface area contributed by atoms with Crippen LogP contribution in [-0.4, -0.2) is 30.8 Å². The van der Waals surface area contributed by atoms with Crippen molar-refractivity contribution in [3.05, 3.63) is 22.8 Å². The van der Waals surface area contributed by atoms with Crippen LogP contribution < -0.4 is 9.64 Å². The second-order valence-electron chi connectivity index (χ2n) is 5.42. The summed E-state index contributed by atoms with van der Waals surface area (Å²) in [6, 6.07) is 1.95. The van der Waals surface area contributed by atoms with Gasteiger partial charge in [0.2, 0.25) is 0 Å². The van der Waals surface area contributed by atoms with E-state index in [1.54, 1.807) is 21.0 Å². The first kappa shape index (κ1) is 15.3. The lowest BCUT2D eigenvalue weighted by molar-refractivity contribution is -0.142. The first-order chi connectivity index (χ1) is 8.64. The maximum absolute atomic E-state index is 11.4. The Labute approximate surface area is 115 Å². The van der Waals surface area contributed by atoms with Crippen LogP contribution in [0, 0.1) is 20.8 Å². The monoisotopic (exact) mass is 265 g/mol. The maximum Gasteiger partial charge on any atom is 0.328 e. The average Bonchev–Trinajstić information content (AvgIpc) is 2.33. The SMILES string of the molecule is COc1cc(C)c(N(C)C(C)(C)C(=O)O)c(C)c1C. The Morgan fingerprint density at radius 3 is 2.21 bits per heavy atom. The van der Waals surface area contributed by atoms with Gasteiger partial charge >= 0.3 is 5.97 Å². The van der Waals surface area contributed by atoms with Crippen LogP contribution in [0.2, 0.25) is 0 Å². The first-order valence-corrected chi connectivity index (χ1v) is 6.26. The number of likely N-dealkylation sites (N-methyl/N-ethyl adjacent to an activating group) is 1. The van der Waals surface area contributed by atoms with Crippen molar-refractivity contribution in [1.29, 1.82) is 0 Å². The molecule has 0 aromatic heterocycles. The molecule has 0 radical (unpaired) electrons. The molecule has 0 fully saturated rings. The number of aliphatic carboxylic acids is 1. The van der Waals surface area contributed by atoms with Gasteiger partial charge in [0.05, 0.1) is 7.11 Å². The molecule has 0 heterocycles. The summed E-state index contributed by atoms with van der Waals surface area (Å²) in [5.41, 5.74) is 3.09. The minimum Gasteiger partial charge on any atom is -0.496 e. The molecule has 0 saturated carbocycles. The molecule has 4 nitrogen and oxygen atoms in total. The number of carboxylic acid groups (broad SMARTS) is 1. The van der Waals surface area contributed by atoms with Gasteiger partial charge in [-0.05, 0) is 57.4 Å². The zero-order valence-electron chi connectivity index (χ0n) is 12.8. The summed E-state index contributed by atoms with van der Waals surface area (Å²) in [5, 5.41) is 9.36. The molecular weight excluding hydrogens is 242 g/mol. The molecule has 1 aromatic carbocycles. The number of benzene rings is 1. The highest BCUT2D eigenvalue weighted by atomic mass is 16.5. The number of hydrogen-bond donors (Lipinski definition) is 1. The van der Waals surface area contributed by atoms with Gasteiger partial charge in [-0.2, -0.15) is 0 Å². The molecule has 106 valence electrons. The summed E-state index contributed by atoms with van der Waals surface area (Å²) < 4.78 is 5.34. The van der Waals surface area contributed by atoms with E-state index in [2.05, 4.69) is 0 Å². The van der Waals surface area contributed by atoms with Crippen LogP contribution in [0.15, 0.2) is 6.07 Å². The molecule has 0 bridgehead atoms. The summed E-state index contributed by atoms with van der Waals surface area (Å²) in [7, 11) is 3.46. The molecule has 19 heavy (non-hydrogen) atoms. The highest BCUT2D eigenvalue weighted by molar-refractivity contribution is 5.83. The summed E-state index contributed by atoms with van der Waals surface area (Å²) in [5.74, 6) is -0.0115. The van der Waals surface area contributed by atoms with Crippen molar-refractivity contribution < 1.29 is 14.6 Å². The number of rotatable bonds is 4. The van der Waals surface area contributed by atoms with Crippen molar-refractivity contribution in [2.24, 2.45) is 0 Å².